The molecule has 4 heteroatoms. The molecule has 0 spiro atoms. The molecule has 0 unspecified atom stereocenters. The van der Waals surface area contributed by atoms with Gasteiger partial charge in [0, 0.05) is 18.2 Å². The lowest BCUT2D eigenvalue weighted by Crippen LogP contribution is -2.21. The number of aromatic amines is 1. The van der Waals surface area contributed by atoms with E-state index in [9.17, 15) is 0 Å². The van der Waals surface area contributed by atoms with Gasteiger partial charge in [-0.1, -0.05) is 0 Å². The molecule has 16 heavy (non-hydrogen) atoms. The number of hydrogen-bond acceptors (Lipinski definition) is 3. The van der Waals surface area contributed by atoms with Crippen molar-refractivity contribution in [1.29, 1.82) is 0 Å². The van der Waals surface area contributed by atoms with Crippen molar-refractivity contribution in [2.75, 3.05) is 27.2 Å². The molecule has 0 aromatic carbocycles. The molecule has 1 saturated carbocycles. The minimum atomic E-state index is 0.749. The number of nitrogens with one attached hydrogen (secondary N) is 2. The van der Waals surface area contributed by atoms with Crippen molar-refractivity contribution < 1.29 is 0 Å². The minimum absolute atomic E-state index is 0.749. The third-order valence-electron chi connectivity index (χ3n) is 2.92. The Bertz CT molecular complexity index is 315. The summed E-state index contributed by atoms with van der Waals surface area (Å²) in [6, 6.07) is 2.20. The zero-order valence-electron chi connectivity index (χ0n) is 10.3. The van der Waals surface area contributed by atoms with Crippen molar-refractivity contribution >= 4 is 0 Å². The second kappa shape index (κ2) is 5.46. The highest BCUT2D eigenvalue weighted by Crippen LogP contribution is 2.38. The normalized spacial score (nSPS) is 15.9. The Kier molecular flexibility index (Phi) is 3.96. The molecule has 0 amide bonds. The smallest absolute Gasteiger partial charge is 0.0656 e. The van der Waals surface area contributed by atoms with E-state index in [1.54, 1.807) is 0 Å². The zero-order chi connectivity index (χ0) is 11.4. The summed E-state index contributed by atoms with van der Waals surface area (Å²) >= 11 is 0. The number of rotatable bonds is 7. The van der Waals surface area contributed by atoms with Crippen molar-refractivity contribution in [2.45, 2.75) is 31.7 Å². The van der Waals surface area contributed by atoms with Gasteiger partial charge < -0.3 is 10.2 Å². The molecule has 1 aromatic rings. The van der Waals surface area contributed by atoms with Crippen molar-refractivity contribution in [2.24, 2.45) is 0 Å². The fraction of sp³-hybridized carbons (Fsp3) is 0.750. The van der Waals surface area contributed by atoms with Crippen LogP contribution < -0.4 is 5.32 Å². The van der Waals surface area contributed by atoms with Crippen LogP contribution in [0.15, 0.2) is 6.07 Å². The summed E-state index contributed by atoms with van der Waals surface area (Å²) in [7, 11) is 4.22. The van der Waals surface area contributed by atoms with Crippen LogP contribution in [-0.2, 0) is 6.54 Å². The molecule has 1 aliphatic rings. The molecule has 1 heterocycles. The van der Waals surface area contributed by atoms with Gasteiger partial charge in [-0.05, 0) is 52.5 Å². The van der Waals surface area contributed by atoms with E-state index in [2.05, 4.69) is 40.6 Å². The van der Waals surface area contributed by atoms with E-state index in [1.807, 2.05) is 0 Å². The lowest BCUT2D eigenvalue weighted by atomic mass is 10.2. The average molecular weight is 222 g/mol. The second-order valence-corrected chi connectivity index (χ2v) is 4.93. The molecule has 0 bridgehead atoms. The lowest BCUT2D eigenvalue weighted by molar-refractivity contribution is 0.394. The van der Waals surface area contributed by atoms with Gasteiger partial charge in [-0.2, -0.15) is 5.10 Å². The molecule has 0 atom stereocenters. The monoisotopic (exact) mass is 222 g/mol. The number of aromatic nitrogens is 2. The fourth-order valence-electron chi connectivity index (χ4n) is 1.80. The molecule has 4 nitrogen and oxygen atoms in total. The van der Waals surface area contributed by atoms with Gasteiger partial charge in [0.15, 0.2) is 0 Å². The first-order chi connectivity index (χ1) is 7.75. The molecule has 0 saturated heterocycles. The average Bonchev–Trinajstić information content (AvgIpc) is 2.99. The summed E-state index contributed by atoms with van der Waals surface area (Å²) in [6.45, 7) is 3.12. The Morgan fingerprint density at radius 2 is 2.31 bits per heavy atom. The Balaban J connectivity index is 1.61. The van der Waals surface area contributed by atoms with E-state index >= 15 is 0 Å². The molecular weight excluding hydrogens is 200 g/mol. The maximum atomic E-state index is 4.33. The van der Waals surface area contributed by atoms with Gasteiger partial charge in [0.2, 0.25) is 0 Å². The summed E-state index contributed by atoms with van der Waals surface area (Å²) in [5.41, 5.74) is 2.47. The van der Waals surface area contributed by atoms with Gasteiger partial charge in [0.05, 0.1) is 5.69 Å². The van der Waals surface area contributed by atoms with Crippen molar-refractivity contribution in [3.63, 3.8) is 0 Å². The SMILES string of the molecule is CN(C)CCCNCc1cc(C2CC2)n[nH]1. The van der Waals surface area contributed by atoms with Crippen LogP contribution in [0.3, 0.4) is 0 Å². The maximum Gasteiger partial charge on any atom is 0.0656 e. The van der Waals surface area contributed by atoms with Gasteiger partial charge >= 0.3 is 0 Å². The third kappa shape index (κ3) is 3.61. The summed E-state index contributed by atoms with van der Waals surface area (Å²) in [4.78, 5) is 2.21. The third-order valence-corrected chi connectivity index (χ3v) is 2.92. The van der Waals surface area contributed by atoms with E-state index in [1.165, 1.54) is 30.7 Å². The van der Waals surface area contributed by atoms with Crippen LogP contribution >= 0.6 is 0 Å². The highest BCUT2D eigenvalue weighted by atomic mass is 15.1. The van der Waals surface area contributed by atoms with Crippen molar-refractivity contribution in [3.05, 3.63) is 17.5 Å². The van der Waals surface area contributed by atoms with Gasteiger partial charge in [-0.3, -0.25) is 5.10 Å². The lowest BCUT2D eigenvalue weighted by Gasteiger charge is -2.09. The molecule has 90 valence electrons. The van der Waals surface area contributed by atoms with Crippen LogP contribution in [0.4, 0.5) is 0 Å². The standard InChI is InChI=1S/C12H22N4/c1-16(2)7-3-6-13-9-11-8-12(15-14-11)10-4-5-10/h8,10,13H,3-7,9H2,1-2H3,(H,14,15). The first-order valence-corrected chi connectivity index (χ1v) is 6.15. The molecule has 1 aliphatic carbocycles. The summed E-state index contributed by atoms with van der Waals surface area (Å²) in [6.07, 6.45) is 3.83. The Morgan fingerprint density at radius 3 is 3.00 bits per heavy atom. The predicted octanol–water partition coefficient (Wildman–Crippen LogP) is 1.33. The molecule has 0 aliphatic heterocycles. The first-order valence-electron chi connectivity index (χ1n) is 6.15. The molecular formula is C12H22N4. The highest BCUT2D eigenvalue weighted by molar-refractivity contribution is 5.17. The van der Waals surface area contributed by atoms with E-state index in [0.717, 1.165) is 25.6 Å². The summed E-state index contributed by atoms with van der Waals surface area (Å²) < 4.78 is 0. The van der Waals surface area contributed by atoms with Crippen LogP contribution in [0.1, 0.15) is 36.6 Å². The fourth-order valence-corrected chi connectivity index (χ4v) is 1.80. The van der Waals surface area contributed by atoms with Crippen LogP contribution in [-0.4, -0.2) is 42.3 Å². The van der Waals surface area contributed by atoms with E-state index in [0.29, 0.717) is 0 Å². The van der Waals surface area contributed by atoms with Crippen LogP contribution in [0.2, 0.25) is 0 Å². The van der Waals surface area contributed by atoms with Gasteiger partial charge in [-0.15, -0.1) is 0 Å². The first kappa shape index (κ1) is 11.6. The summed E-state index contributed by atoms with van der Waals surface area (Å²) in [5.74, 6) is 0.749. The van der Waals surface area contributed by atoms with Gasteiger partial charge in [0.1, 0.15) is 0 Å². The molecule has 2 rings (SSSR count). The van der Waals surface area contributed by atoms with Crippen LogP contribution in [0.25, 0.3) is 0 Å². The topological polar surface area (TPSA) is 44.0 Å². The Labute approximate surface area is 97.4 Å². The summed E-state index contributed by atoms with van der Waals surface area (Å²) in [5, 5.41) is 10.9. The number of hydrogen-bond donors (Lipinski definition) is 2. The highest BCUT2D eigenvalue weighted by Gasteiger charge is 2.25. The molecule has 1 fully saturated rings. The van der Waals surface area contributed by atoms with Gasteiger partial charge in [0.25, 0.3) is 0 Å². The number of nitrogens with zero attached hydrogens (tertiary/aromatic N) is 2. The Morgan fingerprint density at radius 1 is 1.50 bits per heavy atom. The van der Waals surface area contributed by atoms with Crippen molar-refractivity contribution in [1.82, 2.24) is 20.4 Å². The molecule has 1 aromatic heterocycles. The van der Waals surface area contributed by atoms with Gasteiger partial charge in [-0.25, -0.2) is 0 Å². The minimum Gasteiger partial charge on any atom is -0.311 e. The largest absolute Gasteiger partial charge is 0.311 e. The molecule has 2 N–H and O–H groups in total. The van der Waals surface area contributed by atoms with Crippen molar-refractivity contribution in [3.8, 4) is 0 Å². The van der Waals surface area contributed by atoms with E-state index in [4.69, 9.17) is 0 Å². The second-order valence-electron chi connectivity index (χ2n) is 4.93. The van der Waals surface area contributed by atoms with E-state index in [-0.39, 0.29) is 0 Å². The quantitative estimate of drug-likeness (QED) is 0.684. The maximum absolute atomic E-state index is 4.33. The Hall–Kier alpha value is -0.870. The number of H-pyrrole nitrogens is 1. The predicted molar refractivity (Wildman–Crippen MR) is 65.4 cm³/mol. The van der Waals surface area contributed by atoms with E-state index < -0.39 is 0 Å². The zero-order valence-corrected chi connectivity index (χ0v) is 10.3. The van der Waals surface area contributed by atoms with Crippen LogP contribution in [0, 0.1) is 0 Å². The molecule has 0 radical (unpaired) electrons. The van der Waals surface area contributed by atoms with Crippen LogP contribution in [0.5, 0.6) is 0 Å².